The number of ether oxygens (including phenoxy) is 1. The number of nitrogens with one attached hydrogen (secondary N) is 1. The molecule has 0 bridgehead atoms. The lowest BCUT2D eigenvalue weighted by molar-refractivity contribution is 0.172. The summed E-state index contributed by atoms with van der Waals surface area (Å²) in [5.74, 6) is 1.59. The van der Waals surface area contributed by atoms with Crippen LogP contribution in [0.15, 0.2) is 18.2 Å². The molecule has 0 saturated heterocycles. The van der Waals surface area contributed by atoms with E-state index in [9.17, 15) is 0 Å². The van der Waals surface area contributed by atoms with Crippen LogP contribution >= 0.6 is 0 Å². The molecule has 0 unspecified atom stereocenters. The van der Waals surface area contributed by atoms with E-state index in [0.29, 0.717) is 12.5 Å². The van der Waals surface area contributed by atoms with E-state index in [1.807, 2.05) is 25.1 Å². The van der Waals surface area contributed by atoms with Crippen LogP contribution in [0.3, 0.4) is 0 Å². The van der Waals surface area contributed by atoms with E-state index >= 15 is 0 Å². The monoisotopic (exact) mass is 263 g/mol. The van der Waals surface area contributed by atoms with E-state index in [2.05, 4.69) is 29.3 Å². The highest BCUT2D eigenvalue weighted by atomic mass is 16.5. The topological polar surface area (TPSA) is 37.4 Å². The molecule has 2 rings (SSSR count). The Kier molecular flexibility index (Phi) is 4.64. The van der Waals surface area contributed by atoms with Crippen molar-refractivity contribution in [1.82, 2.24) is 9.88 Å². The molecule has 1 fully saturated rings. The van der Waals surface area contributed by atoms with Crippen LogP contribution in [0.5, 0.6) is 5.88 Å². The molecular weight excluding hydrogens is 238 g/mol. The van der Waals surface area contributed by atoms with Gasteiger partial charge in [0.15, 0.2) is 0 Å². The number of hydrogen-bond acceptors (Lipinski definition) is 4. The molecule has 1 aliphatic carbocycles. The zero-order valence-corrected chi connectivity index (χ0v) is 12.3. The summed E-state index contributed by atoms with van der Waals surface area (Å²) in [6.07, 6.45) is 5.18. The van der Waals surface area contributed by atoms with Gasteiger partial charge >= 0.3 is 0 Å². The molecule has 1 aliphatic rings. The van der Waals surface area contributed by atoms with Gasteiger partial charge in [0.1, 0.15) is 5.82 Å². The van der Waals surface area contributed by atoms with Crippen molar-refractivity contribution in [3.05, 3.63) is 18.2 Å². The zero-order chi connectivity index (χ0) is 13.7. The van der Waals surface area contributed by atoms with Gasteiger partial charge < -0.3 is 15.0 Å². The van der Waals surface area contributed by atoms with Crippen molar-refractivity contribution >= 4 is 5.82 Å². The predicted molar refractivity (Wildman–Crippen MR) is 78.8 cm³/mol. The minimum atomic E-state index is 0.281. The van der Waals surface area contributed by atoms with E-state index < -0.39 is 0 Å². The van der Waals surface area contributed by atoms with Crippen LogP contribution in [0.25, 0.3) is 0 Å². The van der Waals surface area contributed by atoms with Crippen LogP contribution in [-0.2, 0) is 0 Å². The van der Waals surface area contributed by atoms with E-state index in [4.69, 9.17) is 4.74 Å². The van der Waals surface area contributed by atoms with Gasteiger partial charge in [-0.15, -0.1) is 0 Å². The number of likely N-dealkylation sites (N-methyl/N-ethyl adjacent to an activating group) is 1. The van der Waals surface area contributed by atoms with Crippen LogP contribution in [0.1, 0.15) is 32.6 Å². The Morgan fingerprint density at radius 3 is 2.68 bits per heavy atom. The highest BCUT2D eigenvalue weighted by molar-refractivity contribution is 5.37. The number of aromatic nitrogens is 1. The average Bonchev–Trinajstić information content (AvgIpc) is 2.87. The summed E-state index contributed by atoms with van der Waals surface area (Å²) in [7, 11) is 4.36. The molecule has 1 heterocycles. The standard InChI is InChI=1S/C15H25N3O/c1-4-19-14-9-7-8-13(17-14)16-12-15(18(2)3)10-5-6-11-15/h7-9H,4-6,10-12H2,1-3H3,(H,16,17). The fourth-order valence-electron chi connectivity index (χ4n) is 2.81. The Hall–Kier alpha value is -1.29. The first kappa shape index (κ1) is 14.1. The average molecular weight is 263 g/mol. The molecule has 1 saturated carbocycles. The Morgan fingerprint density at radius 1 is 1.32 bits per heavy atom. The Morgan fingerprint density at radius 2 is 2.05 bits per heavy atom. The van der Waals surface area contributed by atoms with Gasteiger partial charge in [-0.1, -0.05) is 18.9 Å². The van der Waals surface area contributed by atoms with Gasteiger partial charge in [0.2, 0.25) is 5.88 Å². The van der Waals surface area contributed by atoms with Gasteiger partial charge in [-0.05, 0) is 39.9 Å². The van der Waals surface area contributed by atoms with Crippen LogP contribution in [-0.4, -0.2) is 42.7 Å². The third-order valence-electron chi connectivity index (χ3n) is 4.10. The van der Waals surface area contributed by atoms with Gasteiger partial charge in [-0.2, -0.15) is 4.98 Å². The Bertz CT molecular complexity index is 400. The fraction of sp³-hybridized carbons (Fsp3) is 0.667. The first-order valence-corrected chi connectivity index (χ1v) is 7.17. The third-order valence-corrected chi connectivity index (χ3v) is 4.10. The second kappa shape index (κ2) is 6.24. The maximum atomic E-state index is 5.43. The van der Waals surface area contributed by atoms with Crippen LogP contribution in [0, 0.1) is 0 Å². The molecule has 0 amide bonds. The van der Waals surface area contributed by atoms with Crippen molar-refractivity contribution in [2.45, 2.75) is 38.1 Å². The predicted octanol–water partition coefficient (Wildman–Crippen LogP) is 2.77. The molecule has 0 spiro atoms. The van der Waals surface area contributed by atoms with Crippen molar-refractivity contribution in [2.75, 3.05) is 32.6 Å². The summed E-state index contributed by atoms with van der Waals surface area (Å²) < 4.78 is 5.43. The zero-order valence-electron chi connectivity index (χ0n) is 12.3. The van der Waals surface area contributed by atoms with Crippen LogP contribution in [0.4, 0.5) is 5.82 Å². The summed E-state index contributed by atoms with van der Waals surface area (Å²) in [5, 5.41) is 3.47. The number of pyridine rings is 1. The molecule has 1 N–H and O–H groups in total. The van der Waals surface area contributed by atoms with Gasteiger partial charge in [-0.3, -0.25) is 0 Å². The lowest BCUT2D eigenvalue weighted by atomic mass is 9.96. The van der Waals surface area contributed by atoms with Crippen molar-refractivity contribution in [1.29, 1.82) is 0 Å². The summed E-state index contributed by atoms with van der Waals surface area (Å²) in [5.41, 5.74) is 0.281. The number of anilines is 1. The summed E-state index contributed by atoms with van der Waals surface area (Å²) in [6.45, 7) is 3.57. The molecular formula is C15H25N3O. The molecule has 4 heteroatoms. The molecule has 0 aliphatic heterocycles. The van der Waals surface area contributed by atoms with Crippen LogP contribution in [0.2, 0.25) is 0 Å². The largest absolute Gasteiger partial charge is 0.478 e. The lowest BCUT2D eigenvalue weighted by Crippen LogP contribution is -2.47. The number of rotatable bonds is 6. The summed E-state index contributed by atoms with van der Waals surface area (Å²) in [4.78, 5) is 6.82. The smallest absolute Gasteiger partial charge is 0.215 e. The van der Waals surface area contributed by atoms with Gasteiger partial charge in [0.25, 0.3) is 0 Å². The Labute approximate surface area is 116 Å². The SMILES string of the molecule is CCOc1cccc(NCC2(N(C)C)CCCC2)n1. The minimum Gasteiger partial charge on any atom is -0.478 e. The quantitative estimate of drug-likeness (QED) is 0.856. The van der Waals surface area contributed by atoms with E-state index in [-0.39, 0.29) is 5.54 Å². The first-order valence-electron chi connectivity index (χ1n) is 7.17. The lowest BCUT2D eigenvalue weighted by Gasteiger charge is -2.36. The molecule has 4 nitrogen and oxygen atoms in total. The van der Waals surface area contributed by atoms with Gasteiger partial charge in [0, 0.05) is 18.2 Å². The molecule has 19 heavy (non-hydrogen) atoms. The summed E-state index contributed by atoms with van der Waals surface area (Å²) >= 11 is 0. The van der Waals surface area contributed by atoms with Gasteiger partial charge in [-0.25, -0.2) is 0 Å². The second-order valence-corrected chi connectivity index (χ2v) is 5.47. The van der Waals surface area contributed by atoms with Crippen molar-refractivity contribution in [3.8, 4) is 5.88 Å². The Balaban J connectivity index is 1.99. The van der Waals surface area contributed by atoms with Crippen molar-refractivity contribution < 1.29 is 4.74 Å². The molecule has 0 aromatic carbocycles. The highest BCUT2D eigenvalue weighted by Crippen LogP contribution is 2.33. The van der Waals surface area contributed by atoms with Crippen LogP contribution < -0.4 is 10.1 Å². The molecule has 0 atom stereocenters. The second-order valence-electron chi connectivity index (χ2n) is 5.47. The molecule has 1 aromatic heterocycles. The number of nitrogens with zero attached hydrogens (tertiary/aromatic N) is 2. The third kappa shape index (κ3) is 3.38. The van der Waals surface area contributed by atoms with E-state index in [0.717, 1.165) is 12.4 Å². The molecule has 0 radical (unpaired) electrons. The maximum Gasteiger partial charge on any atom is 0.215 e. The van der Waals surface area contributed by atoms with Crippen molar-refractivity contribution in [3.63, 3.8) is 0 Å². The summed E-state index contributed by atoms with van der Waals surface area (Å²) in [6, 6.07) is 5.88. The van der Waals surface area contributed by atoms with Crippen molar-refractivity contribution in [2.24, 2.45) is 0 Å². The maximum absolute atomic E-state index is 5.43. The van der Waals surface area contributed by atoms with E-state index in [1.165, 1.54) is 25.7 Å². The normalized spacial score (nSPS) is 17.7. The molecule has 1 aromatic rings. The fourth-order valence-corrected chi connectivity index (χ4v) is 2.81. The van der Waals surface area contributed by atoms with E-state index in [1.54, 1.807) is 0 Å². The molecule has 106 valence electrons. The van der Waals surface area contributed by atoms with Gasteiger partial charge in [0.05, 0.1) is 6.61 Å². The minimum absolute atomic E-state index is 0.281. The highest BCUT2D eigenvalue weighted by Gasteiger charge is 2.35. The number of hydrogen-bond donors (Lipinski definition) is 1. The first-order chi connectivity index (χ1) is 9.16.